The van der Waals surface area contributed by atoms with Gasteiger partial charge in [0.15, 0.2) is 0 Å². The van der Waals surface area contributed by atoms with E-state index in [0.717, 1.165) is 27.7 Å². The Morgan fingerprint density at radius 2 is 1.43 bits per heavy atom. The Bertz CT molecular complexity index is 1950. The molecule has 5 aromatic rings. The van der Waals surface area contributed by atoms with Crippen LogP contribution in [-0.4, -0.2) is 29.6 Å². The van der Waals surface area contributed by atoms with Crippen LogP contribution in [0.2, 0.25) is 19.6 Å². The number of allylic oxidation sites excluding steroid dienone is 1. The summed E-state index contributed by atoms with van der Waals surface area (Å²) >= 11 is 0. The molecule has 1 aromatic heterocycles. The van der Waals surface area contributed by atoms with Crippen molar-refractivity contribution in [3.8, 4) is 0 Å². The number of aromatic nitrogens is 2. The molecule has 7 rings (SSSR count). The van der Waals surface area contributed by atoms with Crippen molar-refractivity contribution in [3.05, 3.63) is 125 Å². The zero-order valence-corrected chi connectivity index (χ0v) is 25.4. The Labute approximate surface area is 246 Å². The maximum absolute atomic E-state index is 12.9. The lowest BCUT2D eigenvalue weighted by atomic mass is 9.71. The molecule has 4 aromatic carbocycles. The van der Waals surface area contributed by atoms with Crippen LogP contribution in [0.3, 0.4) is 0 Å². The highest BCUT2D eigenvalue weighted by molar-refractivity contribution is 6.88. The summed E-state index contributed by atoms with van der Waals surface area (Å²) in [6.07, 6.45) is 4.55. The lowest BCUT2D eigenvalue weighted by molar-refractivity contribution is 0.0988. The Hall–Kier alpha value is -4.68. The summed E-state index contributed by atoms with van der Waals surface area (Å²) in [5.74, 6) is -0.746. The molecule has 1 aliphatic heterocycles. The van der Waals surface area contributed by atoms with Crippen molar-refractivity contribution in [1.82, 2.24) is 9.97 Å². The van der Waals surface area contributed by atoms with Crippen molar-refractivity contribution in [2.24, 2.45) is 0 Å². The fourth-order valence-corrected chi connectivity index (χ4v) is 7.61. The first kappa shape index (κ1) is 26.2. The molecule has 0 saturated carbocycles. The maximum Gasteiger partial charge on any atom is 0.217 e. The van der Waals surface area contributed by atoms with Gasteiger partial charge in [-0.25, -0.2) is 9.97 Å². The molecule has 42 heavy (non-hydrogen) atoms. The first-order valence-electron chi connectivity index (χ1n) is 14.3. The highest BCUT2D eigenvalue weighted by atomic mass is 28.3. The molecule has 0 saturated heterocycles. The molecule has 0 atom stereocenters. The standard InChI is InChI=1S/C36H31N3O2Si/c1-36(2)28-8-6-7-9-29(28)39(24-12-14-25(15-13-24)42(3,4)5)30-17-11-23-20-22(10-16-26(23)31(30)36)21-27-34(40)32-33(35(27)41)38-19-18-37-32/h6-21H,1-5H3. The summed E-state index contributed by atoms with van der Waals surface area (Å²) in [6.45, 7) is 11.7. The third-order valence-electron chi connectivity index (χ3n) is 8.63. The van der Waals surface area contributed by atoms with Crippen molar-refractivity contribution in [2.75, 3.05) is 4.90 Å². The monoisotopic (exact) mass is 565 g/mol. The van der Waals surface area contributed by atoms with Crippen LogP contribution in [0, 0.1) is 0 Å². The first-order valence-corrected chi connectivity index (χ1v) is 17.8. The van der Waals surface area contributed by atoms with Crippen LogP contribution in [0.1, 0.15) is 51.5 Å². The molecule has 5 nitrogen and oxygen atoms in total. The molecule has 206 valence electrons. The largest absolute Gasteiger partial charge is 0.310 e. The Morgan fingerprint density at radius 3 is 2.10 bits per heavy atom. The van der Waals surface area contributed by atoms with Gasteiger partial charge in [-0.15, -0.1) is 0 Å². The second kappa shape index (κ2) is 9.16. The van der Waals surface area contributed by atoms with Gasteiger partial charge in [0.05, 0.1) is 25.0 Å². The number of para-hydroxylation sites is 1. The van der Waals surface area contributed by atoms with Crippen LogP contribution >= 0.6 is 0 Å². The summed E-state index contributed by atoms with van der Waals surface area (Å²) in [6, 6.07) is 28.3. The van der Waals surface area contributed by atoms with E-state index in [-0.39, 0.29) is 33.9 Å². The van der Waals surface area contributed by atoms with Gasteiger partial charge in [-0.05, 0) is 63.9 Å². The molecule has 2 aliphatic rings. The van der Waals surface area contributed by atoms with E-state index in [1.165, 1.54) is 34.4 Å². The number of hydrogen-bond donors (Lipinski definition) is 0. The van der Waals surface area contributed by atoms with Crippen LogP contribution in [-0.2, 0) is 5.41 Å². The SMILES string of the molecule is CC1(C)c2ccccc2N(c2ccc([Si](C)(C)C)cc2)c2ccc3cc(C=C4C(=O)c5nccnc5C4=O)ccc3c21. The second-order valence-corrected chi connectivity index (χ2v) is 17.8. The highest BCUT2D eigenvalue weighted by Gasteiger charge is 2.38. The number of anilines is 3. The second-order valence-electron chi connectivity index (χ2n) is 12.7. The van der Waals surface area contributed by atoms with Gasteiger partial charge in [-0.1, -0.05) is 87.2 Å². The Morgan fingerprint density at radius 1 is 0.762 bits per heavy atom. The van der Waals surface area contributed by atoms with Gasteiger partial charge in [0, 0.05) is 23.5 Å². The third-order valence-corrected chi connectivity index (χ3v) is 10.7. The van der Waals surface area contributed by atoms with E-state index in [9.17, 15) is 9.59 Å². The summed E-state index contributed by atoms with van der Waals surface area (Å²) in [5, 5.41) is 3.64. The minimum Gasteiger partial charge on any atom is -0.310 e. The van der Waals surface area contributed by atoms with Gasteiger partial charge >= 0.3 is 0 Å². The number of hydrogen-bond acceptors (Lipinski definition) is 5. The topological polar surface area (TPSA) is 63.2 Å². The fraction of sp³-hybridized carbons (Fsp3) is 0.167. The lowest BCUT2D eigenvalue weighted by Gasteiger charge is -2.42. The smallest absolute Gasteiger partial charge is 0.217 e. The third kappa shape index (κ3) is 3.90. The van der Waals surface area contributed by atoms with Gasteiger partial charge in [0.1, 0.15) is 11.4 Å². The average Bonchev–Trinajstić information content (AvgIpc) is 3.21. The molecule has 0 N–H and O–H groups in total. The van der Waals surface area contributed by atoms with E-state index < -0.39 is 8.07 Å². The predicted octanol–water partition coefficient (Wildman–Crippen LogP) is 7.75. The fourth-order valence-electron chi connectivity index (χ4n) is 6.45. The molecule has 0 unspecified atom stereocenters. The molecule has 0 fully saturated rings. The summed E-state index contributed by atoms with van der Waals surface area (Å²) in [7, 11) is -1.43. The zero-order valence-electron chi connectivity index (χ0n) is 24.4. The minimum absolute atomic E-state index is 0.107. The average molecular weight is 566 g/mol. The molecule has 1 aliphatic carbocycles. The van der Waals surface area contributed by atoms with Crippen molar-refractivity contribution < 1.29 is 9.59 Å². The molecule has 2 heterocycles. The van der Waals surface area contributed by atoms with Crippen molar-refractivity contribution >= 4 is 58.7 Å². The summed E-state index contributed by atoms with van der Waals surface area (Å²) in [4.78, 5) is 36.4. The van der Waals surface area contributed by atoms with Crippen LogP contribution in [0.4, 0.5) is 17.1 Å². The minimum atomic E-state index is -1.43. The molecule has 0 bridgehead atoms. The molecular formula is C36H31N3O2Si. The van der Waals surface area contributed by atoms with Crippen LogP contribution in [0.5, 0.6) is 0 Å². The number of fused-ring (bicyclic) bond motifs is 5. The normalized spacial score (nSPS) is 15.5. The molecular weight excluding hydrogens is 535 g/mol. The molecule has 6 heteroatoms. The van der Waals surface area contributed by atoms with Crippen LogP contribution in [0.25, 0.3) is 16.8 Å². The van der Waals surface area contributed by atoms with E-state index in [4.69, 9.17) is 0 Å². The zero-order chi connectivity index (χ0) is 29.4. The number of Topliss-reactive ketones (excluding diaryl/α,β-unsaturated/α-hetero) is 2. The molecule has 0 amide bonds. The van der Waals surface area contributed by atoms with Crippen molar-refractivity contribution in [3.63, 3.8) is 0 Å². The number of nitrogens with zero attached hydrogens (tertiary/aromatic N) is 3. The van der Waals surface area contributed by atoms with E-state index in [1.54, 1.807) is 6.08 Å². The highest BCUT2D eigenvalue weighted by Crippen LogP contribution is 2.53. The number of carbonyl (C=O) groups is 2. The van der Waals surface area contributed by atoms with Gasteiger partial charge in [-0.3, -0.25) is 9.59 Å². The van der Waals surface area contributed by atoms with Crippen molar-refractivity contribution in [1.29, 1.82) is 0 Å². The van der Waals surface area contributed by atoms with E-state index >= 15 is 0 Å². The van der Waals surface area contributed by atoms with Gasteiger partial charge < -0.3 is 4.90 Å². The summed E-state index contributed by atoms with van der Waals surface area (Å²) < 4.78 is 0. The first-order chi connectivity index (χ1) is 20.1. The van der Waals surface area contributed by atoms with Crippen molar-refractivity contribution in [2.45, 2.75) is 38.9 Å². The lowest BCUT2D eigenvalue weighted by Crippen LogP contribution is -2.37. The van der Waals surface area contributed by atoms with Gasteiger partial charge in [0.2, 0.25) is 11.6 Å². The van der Waals surface area contributed by atoms with E-state index in [0.29, 0.717) is 0 Å². The molecule has 0 radical (unpaired) electrons. The number of carbonyl (C=O) groups excluding carboxylic acids is 2. The molecule has 0 spiro atoms. The van der Waals surface area contributed by atoms with Gasteiger partial charge in [-0.2, -0.15) is 0 Å². The number of ketones is 2. The van der Waals surface area contributed by atoms with E-state index in [1.807, 2.05) is 6.07 Å². The predicted molar refractivity (Wildman–Crippen MR) is 172 cm³/mol. The summed E-state index contributed by atoms with van der Waals surface area (Å²) in [5.41, 5.74) is 6.91. The Kier molecular flexibility index (Phi) is 5.72. The number of benzene rings is 4. The maximum atomic E-state index is 12.9. The van der Waals surface area contributed by atoms with Crippen LogP contribution < -0.4 is 10.1 Å². The van der Waals surface area contributed by atoms with E-state index in [2.05, 4.69) is 121 Å². The number of rotatable bonds is 3. The van der Waals surface area contributed by atoms with Crippen LogP contribution in [0.15, 0.2) is 96.8 Å². The van der Waals surface area contributed by atoms with Gasteiger partial charge in [0.25, 0.3) is 0 Å². The quantitative estimate of drug-likeness (QED) is 0.127. The Balaban J connectivity index is 1.38.